The van der Waals surface area contributed by atoms with Crippen molar-refractivity contribution in [2.45, 2.75) is 19.3 Å². The maximum absolute atomic E-state index is 11.7. The number of aliphatic hydroxyl groups is 1. The third kappa shape index (κ3) is 3.30. The lowest BCUT2D eigenvalue weighted by Gasteiger charge is -2.15. The van der Waals surface area contributed by atoms with Gasteiger partial charge in [0.2, 0.25) is 0 Å². The predicted molar refractivity (Wildman–Crippen MR) is 64.2 cm³/mol. The summed E-state index contributed by atoms with van der Waals surface area (Å²) in [6.07, 6.45) is 0.305. The number of carboxylic acid groups (broad SMARTS) is 1. The molecule has 5 heteroatoms. The predicted octanol–water partition coefficient (Wildman–Crippen LogP) is 0.953. The van der Waals surface area contributed by atoms with E-state index in [1.165, 1.54) is 0 Å². The maximum Gasteiger partial charge on any atom is 0.324 e. The summed E-state index contributed by atoms with van der Waals surface area (Å²) in [4.78, 5) is 22.9. The SMILES string of the molecule is CCOC(=O)C(C(=O)O)c1ccccc1CCO. The Hall–Kier alpha value is -1.88. The van der Waals surface area contributed by atoms with E-state index >= 15 is 0 Å². The van der Waals surface area contributed by atoms with Gasteiger partial charge in [0.25, 0.3) is 0 Å². The number of hydrogen-bond donors (Lipinski definition) is 2. The summed E-state index contributed by atoms with van der Waals surface area (Å²) in [5, 5.41) is 18.1. The van der Waals surface area contributed by atoms with Crippen molar-refractivity contribution in [1.29, 1.82) is 0 Å². The van der Waals surface area contributed by atoms with Crippen LogP contribution in [0, 0.1) is 0 Å². The second-order valence-electron chi connectivity index (χ2n) is 3.70. The van der Waals surface area contributed by atoms with Crippen molar-refractivity contribution in [3.63, 3.8) is 0 Å². The van der Waals surface area contributed by atoms with E-state index in [4.69, 9.17) is 14.9 Å². The second kappa shape index (κ2) is 6.76. The van der Waals surface area contributed by atoms with Crippen LogP contribution in [0.3, 0.4) is 0 Å². The molecule has 0 saturated carbocycles. The van der Waals surface area contributed by atoms with Crippen LogP contribution in [-0.4, -0.2) is 35.4 Å². The van der Waals surface area contributed by atoms with E-state index in [1.54, 1.807) is 31.2 Å². The molecule has 18 heavy (non-hydrogen) atoms. The lowest BCUT2D eigenvalue weighted by atomic mass is 9.93. The Bertz CT molecular complexity index is 427. The molecule has 1 aromatic rings. The van der Waals surface area contributed by atoms with Crippen LogP contribution in [-0.2, 0) is 20.7 Å². The zero-order valence-electron chi connectivity index (χ0n) is 10.1. The van der Waals surface area contributed by atoms with Gasteiger partial charge < -0.3 is 14.9 Å². The smallest absolute Gasteiger partial charge is 0.324 e. The molecule has 2 N–H and O–H groups in total. The molecule has 0 bridgehead atoms. The largest absolute Gasteiger partial charge is 0.480 e. The molecule has 1 aromatic carbocycles. The molecule has 0 heterocycles. The number of rotatable bonds is 6. The number of esters is 1. The first kappa shape index (κ1) is 14.2. The van der Waals surface area contributed by atoms with Crippen molar-refractivity contribution in [3.8, 4) is 0 Å². The van der Waals surface area contributed by atoms with Crippen molar-refractivity contribution >= 4 is 11.9 Å². The maximum atomic E-state index is 11.7. The zero-order chi connectivity index (χ0) is 13.5. The van der Waals surface area contributed by atoms with Crippen molar-refractivity contribution < 1.29 is 24.5 Å². The van der Waals surface area contributed by atoms with E-state index in [9.17, 15) is 9.59 Å². The molecule has 0 radical (unpaired) electrons. The summed E-state index contributed by atoms with van der Waals surface area (Å²) < 4.78 is 4.77. The number of carbonyl (C=O) groups excluding carboxylic acids is 1. The molecule has 0 spiro atoms. The number of aliphatic carboxylic acids is 1. The van der Waals surface area contributed by atoms with Crippen LogP contribution >= 0.6 is 0 Å². The van der Waals surface area contributed by atoms with Gasteiger partial charge >= 0.3 is 11.9 Å². The lowest BCUT2D eigenvalue weighted by molar-refractivity contribution is -0.153. The molecular weight excluding hydrogens is 236 g/mol. The third-order valence-corrected chi connectivity index (χ3v) is 2.52. The third-order valence-electron chi connectivity index (χ3n) is 2.52. The first-order valence-corrected chi connectivity index (χ1v) is 5.69. The highest BCUT2D eigenvalue weighted by molar-refractivity contribution is 6.00. The van der Waals surface area contributed by atoms with Crippen LogP contribution in [0.4, 0.5) is 0 Å². The van der Waals surface area contributed by atoms with Crippen LogP contribution in [0.25, 0.3) is 0 Å². The van der Waals surface area contributed by atoms with Gasteiger partial charge in [0, 0.05) is 6.61 Å². The summed E-state index contributed by atoms with van der Waals surface area (Å²) in [6.45, 7) is 1.65. The van der Waals surface area contributed by atoms with Gasteiger partial charge in [0.1, 0.15) is 0 Å². The highest BCUT2D eigenvalue weighted by Crippen LogP contribution is 2.22. The quantitative estimate of drug-likeness (QED) is 0.581. The first-order valence-electron chi connectivity index (χ1n) is 5.69. The molecule has 0 amide bonds. The lowest BCUT2D eigenvalue weighted by Crippen LogP contribution is -2.25. The van der Waals surface area contributed by atoms with Gasteiger partial charge in [-0.1, -0.05) is 24.3 Å². The van der Waals surface area contributed by atoms with Gasteiger partial charge in [0.05, 0.1) is 6.61 Å². The Balaban J connectivity index is 3.13. The molecule has 1 unspecified atom stereocenters. The summed E-state index contributed by atoms with van der Waals surface area (Å²) in [6, 6.07) is 6.66. The van der Waals surface area contributed by atoms with Crippen LogP contribution < -0.4 is 0 Å². The fourth-order valence-electron chi connectivity index (χ4n) is 1.75. The van der Waals surface area contributed by atoms with Crippen LogP contribution in [0.5, 0.6) is 0 Å². The minimum Gasteiger partial charge on any atom is -0.480 e. The number of hydrogen-bond acceptors (Lipinski definition) is 4. The zero-order valence-corrected chi connectivity index (χ0v) is 10.1. The standard InChI is InChI=1S/C13H16O5/c1-2-18-13(17)11(12(15)16)10-6-4-3-5-9(10)7-8-14/h3-6,11,14H,2,7-8H2,1H3,(H,15,16). The number of benzene rings is 1. The molecule has 0 saturated heterocycles. The van der Waals surface area contributed by atoms with Gasteiger partial charge in [-0.05, 0) is 24.5 Å². The van der Waals surface area contributed by atoms with E-state index in [0.29, 0.717) is 17.5 Å². The number of carbonyl (C=O) groups is 2. The van der Waals surface area contributed by atoms with Crippen LogP contribution in [0.1, 0.15) is 24.0 Å². The van der Waals surface area contributed by atoms with Gasteiger partial charge in [-0.25, -0.2) is 0 Å². The van der Waals surface area contributed by atoms with E-state index in [-0.39, 0.29) is 13.2 Å². The summed E-state index contributed by atoms with van der Waals surface area (Å²) in [5.74, 6) is -3.37. The second-order valence-corrected chi connectivity index (χ2v) is 3.70. The monoisotopic (exact) mass is 252 g/mol. The van der Waals surface area contributed by atoms with Gasteiger partial charge in [-0.2, -0.15) is 0 Å². The van der Waals surface area contributed by atoms with Gasteiger partial charge in [0.15, 0.2) is 5.92 Å². The van der Waals surface area contributed by atoms with Crippen molar-refractivity contribution in [3.05, 3.63) is 35.4 Å². The fraction of sp³-hybridized carbons (Fsp3) is 0.385. The van der Waals surface area contributed by atoms with Gasteiger partial charge in [-0.15, -0.1) is 0 Å². The van der Waals surface area contributed by atoms with Crippen LogP contribution in [0.15, 0.2) is 24.3 Å². The first-order chi connectivity index (χ1) is 8.61. The van der Waals surface area contributed by atoms with Crippen molar-refractivity contribution in [2.24, 2.45) is 0 Å². The van der Waals surface area contributed by atoms with E-state index in [2.05, 4.69) is 0 Å². The Kier molecular flexibility index (Phi) is 5.32. The minimum absolute atomic E-state index is 0.105. The number of aliphatic hydroxyl groups excluding tert-OH is 1. The molecule has 5 nitrogen and oxygen atoms in total. The Morgan fingerprint density at radius 3 is 2.56 bits per heavy atom. The molecule has 0 aromatic heterocycles. The minimum atomic E-state index is -1.34. The Labute approximate surface area is 105 Å². The Morgan fingerprint density at radius 1 is 1.33 bits per heavy atom. The fourth-order valence-corrected chi connectivity index (χ4v) is 1.75. The molecule has 0 fully saturated rings. The van der Waals surface area contributed by atoms with Crippen molar-refractivity contribution in [1.82, 2.24) is 0 Å². The van der Waals surface area contributed by atoms with E-state index in [0.717, 1.165) is 0 Å². The summed E-state index contributed by atoms with van der Waals surface area (Å²) in [7, 11) is 0. The van der Waals surface area contributed by atoms with Crippen molar-refractivity contribution in [2.75, 3.05) is 13.2 Å². The topological polar surface area (TPSA) is 83.8 Å². The molecule has 0 aliphatic heterocycles. The molecule has 0 aliphatic rings. The van der Waals surface area contributed by atoms with E-state index in [1.807, 2.05) is 0 Å². The average molecular weight is 252 g/mol. The highest BCUT2D eigenvalue weighted by atomic mass is 16.5. The number of ether oxygens (including phenoxy) is 1. The average Bonchev–Trinajstić information content (AvgIpc) is 2.32. The van der Waals surface area contributed by atoms with E-state index < -0.39 is 17.9 Å². The summed E-state index contributed by atoms with van der Waals surface area (Å²) in [5.41, 5.74) is 1.01. The van der Waals surface area contributed by atoms with Gasteiger partial charge in [-0.3, -0.25) is 9.59 Å². The highest BCUT2D eigenvalue weighted by Gasteiger charge is 2.31. The molecule has 1 atom stereocenters. The normalized spacial score (nSPS) is 11.9. The molecule has 98 valence electrons. The number of carboxylic acids is 1. The molecule has 0 aliphatic carbocycles. The summed E-state index contributed by atoms with van der Waals surface area (Å²) >= 11 is 0. The molecule has 1 rings (SSSR count). The van der Waals surface area contributed by atoms with Crippen LogP contribution in [0.2, 0.25) is 0 Å². The molecular formula is C13H16O5. The Morgan fingerprint density at radius 2 is 2.00 bits per heavy atom.